The number of hydrogen-bond acceptors (Lipinski definition) is 4. The highest BCUT2D eigenvalue weighted by Gasteiger charge is 2.30. The Balaban J connectivity index is 2.15. The molecule has 0 atom stereocenters. The van der Waals surface area contributed by atoms with Gasteiger partial charge in [0.25, 0.3) is 0 Å². The Hall–Kier alpha value is -1.83. The van der Waals surface area contributed by atoms with Gasteiger partial charge in [-0.1, -0.05) is 11.3 Å². The van der Waals surface area contributed by atoms with E-state index in [0.29, 0.717) is 16.4 Å². The zero-order valence-corrected chi connectivity index (χ0v) is 11.4. The van der Waals surface area contributed by atoms with E-state index in [1.54, 1.807) is 6.92 Å². The lowest BCUT2D eigenvalue weighted by molar-refractivity contribution is -0.137. The van der Waals surface area contributed by atoms with E-state index in [0.717, 1.165) is 12.1 Å². The lowest BCUT2D eigenvalue weighted by atomic mass is 10.2. The number of alkyl halides is 3. The van der Waals surface area contributed by atoms with E-state index >= 15 is 0 Å². The van der Waals surface area contributed by atoms with E-state index in [1.807, 2.05) is 0 Å². The molecule has 0 saturated carbocycles. The van der Waals surface area contributed by atoms with Crippen molar-refractivity contribution in [3.63, 3.8) is 0 Å². The van der Waals surface area contributed by atoms with Crippen LogP contribution in [0, 0.1) is 0 Å². The van der Waals surface area contributed by atoms with Gasteiger partial charge in [-0.3, -0.25) is 4.79 Å². The fraction of sp³-hybridized carbons (Fsp3) is 0.333. The Morgan fingerprint density at radius 3 is 2.80 bits per heavy atom. The maximum atomic E-state index is 12.6. The Morgan fingerprint density at radius 2 is 2.15 bits per heavy atom. The largest absolute Gasteiger partial charge is 0.416 e. The minimum atomic E-state index is -4.38. The highest BCUT2D eigenvalue weighted by Crippen LogP contribution is 2.33. The maximum Gasteiger partial charge on any atom is 0.416 e. The molecule has 1 aromatic heterocycles. The van der Waals surface area contributed by atoms with Crippen molar-refractivity contribution < 1.29 is 18.0 Å². The molecule has 0 aliphatic rings. The SMILES string of the molecule is CCNC(=O)CNc1nc2cc(C(F)(F)F)ccc2s1. The molecule has 0 aliphatic heterocycles. The molecule has 0 fully saturated rings. The topological polar surface area (TPSA) is 54.0 Å². The second-order valence-electron chi connectivity index (χ2n) is 4.01. The van der Waals surface area contributed by atoms with Gasteiger partial charge < -0.3 is 10.6 Å². The normalized spacial score (nSPS) is 11.6. The van der Waals surface area contributed by atoms with Crippen molar-refractivity contribution in [2.45, 2.75) is 13.1 Å². The predicted molar refractivity (Wildman–Crippen MR) is 71.8 cm³/mol. The number of halogens is 3. The van der Waals surface area contributed by atoms with Gasteiger partial charge in [0.15, 0.2) is 5.13 Å². The Labute approximate surface area is 117 Å². The number of aromatic nitrogens is 1. The van der Waals surface area contributed by atoms with E-state index in [1.165, 1.54) is 17.4 Å². The number of benzene rings is 1. The zero-order valence-electron chi connectivity index (χ0n) is 10.5. The van der Waals surface area contributed by atoms with Crippen LogP contribution in [-0.4, -0.2) is 24.0 Å². The molecule has 108 valence electrons. The molecule has 8 heteroatoms. The van der Waals surface area contributed by atoms with Gasteiger partial charge in [0.2, 0.25) is 5.91 Å². The van der Waals surface area contributed by atoms with Crippen molar-refractivity contribution in [2.75, 3.05) is 18.4 Å². The lowest BCUT2D eigenvalue weighted by Crippen LogP contribution is -2.29. The first kappa shape index (κ1) is 14.6. The van der Waals surface area contributed by atoms with Crippen LogP contribution in [0.4, 0.5) is 18.3 Å². The van der Waals surface area contributed by atoms with Gasteiger partial charge in [0, 0.05) is 6.54 Å². The Morgan fingerprint density at radius 1 is 1.40 bits per heavy atom. The van der Waals surface area contributed by atoms with Crippen LogP contribution in [0.1, 0.15) is 12.5 Å². The average molecular weight is 303 g/mol. The van der Waals surface area contributed by atoms with Crippen molar-refractivity contribution in [3.8, 4) is 0 Å². The first-order chi connectivity index (χ1) is 9.40. The average Bonchev–Trinajstić information content (AvgIpc) is 2.77. The van der Waals surface area contributed by atoms with Crippen LogP contribution in [0.5, 0.6) is 0 Å². The van der Waals surface area contributed by atoms with E-state index in [2.05, 4.69) is 15.6 Å². The minimum Gasteiger partial charge on any atom is -0.355 e. The number of carbonyl (C=O) groups is 1. The van der Waals surface area contributed by atoms with Gasteiger partial charge in [-0.25, -0.2) is 4.98 Å². The first-order valence-electron chi connectivity index (χ1n) is 5.88. The third-order valence-corrected chi connectivity index (χ3v) is 3.48. The van der Waals surface area contributed by atoms with Gasteiger partial charge in [0.05, 0.1) is 22.3 Å². The second-order valence-corrected chi connectivity index (χ2v) is 5.04. The fourth-order valence-electron chi connectivity index (χ4n) is 1.59. The summed E-state index contributed by atoms with van der Waals surface area (Å²) in [6, 6.07) is 3.41. The molecular weight excluding hydrogens is 291 g/mol. The number of hydrogen-bond donors (Lipinski definition) is 2. The van der Waals surface area contributed by atoms with Crippen molar-refractivity contribution in [3.05, 3.63) is 23.8 Å². The van der Waals surface area contributed by atoms with Crippen LogP contribution in [0.3, 0.4) is 0 Å². The second kappa shape index (κ2) is 5.66. The van der Waals surface area contributed by atoms with Gasteiger partial charge in [-0.05, 0) is 25.1 Å². The van der Waals surface area contributed by atoms with Crippen LogP contribution >= 0.6 is 11.3 Å². The number of likely N-dealkylation sites (N-methyl/N-ethyl adjacent to an activating group) is 1. The van der Waals surface area contributed by atoms with E-state index < -0.39 is 11.7 Å². The number of fused-ring (bicyclic) bond motifs is 1. The molecule has 0 unspecified atom stereocenters. The quantitative estimate of drug-likeness (QED) is 0.913. The lowest BCUT2D eigenvalue weighted by Gasteiger charge is -2.04. The van der Waals surface area contributed by atoms with Crippen molar-refractivity contribution in [2.24, 2.45) is 0 Å². The number of nitrogens with zero attached hydrogens (tertiary/aromatic N) is 1. The number of amides is 1. The van der Waals surface area contributed by atoms with Crippen LogP contribution < -0.4 is 10.6 Å². The molecule has 0 saturated heterocycles. The van der Waals surface area contributed by atoms with Gasteiger partial charge in [0.1, 0.15) is 0 Å². The molecule has 4 nitrogen and oxygen atoms in total. The minimum absolute atomic E-state index is 0.0415. The Kier molecular flexibility index (Phi) is 4.12. The zero-order chi connectivity index (χ0) is 14.8. The summed E-state index contributed by atoms with van der Waals surface area (Å²) in [6.07, 6.45) is -4.38. The molecule has 0 aliphatic carbocycles. The summed E-state index contributed by atoms with van der Waals surface area (Å²) in [5.74, 6) is -0.192. The molecule has 0 spiro atoms. The number of rotatable bonds is 4. The van der Waals surface area contributed by atoms with E-state index in [-0.39, 0.29) is 18.0 Å². The summed E-state index contributed by atoms with van der Waals surface area (Å²) in [5.41, 5.74) is -0.464. The summed E-state index contributed by atoms with van der Waals surface area (Å²) in [4.78, 5) is 15.3. The third-order valence-electron chi connectivity index (χ3n) is 2.49. The van der Waals surface area contributed by atoms with Gasteiger partial charge >= 0.3 is 6.18 Å². The van der Waals surface area contributed by atoms with Crippen LogP contribution in [0.15, 0.2) is 18.2 Å². The monoisotopic (exact) mass is 303 g/mol. The van der Waals surface area contributed by atoms with Crippen LogP contribution in [-0.2, 0) is 11.0 Å². The molecule has 2 rings (SSSR count). The van der Waals surface area contributed by atoms with Crippen LogP contribution in [0.2, 0.25) is 0 Å². The van der Waals surface area contributed by atoms with E-state index in [4.69, 9.17) is 0 Å². The summed E-state index contributed by atoms with van der Waals surface area (Å²) in [7, 11) is 0. The fourth-order valence-corrected chi connectivity index (χ4v) is 2.44. The molecule has 2 aromatic rings. The molecule has 0 bridgehead atoms. The van der Waals surface area contributed by atoms with Crippen LogP contribution in [0.25, 0.3) is 10.2 Å². The van der Waals surface area contributed by atoms with Crippen molar-refractivity contribution in [1.82, 2.24) is 10.3 Å². The van der Waals surface area contributed by atoms with Gasteiger partial charge in [-0.2, -0.15) is 13.2 Å². The smallest absolute Gasteiger partial charge is 0.355 e. The predicted octanol–water partition coefficient (Wildman–Crippen LogP) is 2.86. The van der Waals surface area contributed by atoms with Crippen molar-refractivity contribution in [1.29, 1.82) is 0 Å². The number of thiazole rings is 1. The molecule has 1 amide bonds. The highest BCUT2D eigenvalue weighted by molar-refractivity contribution is 7.22. The van der Waals surface area contributed by atoms with E-state index in [9.17, 15) is 18.0 Å². The number of nitrogens with one attached hydrogen (secondary N) is 2. The molecule has 1 heterocycles. The third kappa shape index (κ3) is 3.38. The highest BCUT2D eigenvalue weighted by atomic mass is 32.1. The number of carbonyl (C=O) groups excluding carboxylic acids is 1. The molecule has 0 radical (unpaired) electrons. The summed E-state index contributed by atoms with van der Waals surface area (Å²) in [5, 5.41) is 5.82. The summed E-state index contributed by atoms with van der Waals surface area (Å²) >= 11 is 1.21. The standard InChI is InChI=1S/C12H12F3N3OS/c1-2-16-10(19)6-17-11-18-8-5-7(12(13,14)15)3-4-9(8)20-11/h3-5H,2,6H2,1H3,(H,16,19)(H,17,18). The molecular formula is C12H12F3N3OS. The van der Waals surface area contributed by atoms with Crippen molar-refractivity contribution >= 4 is 32.6 Å². The first-order valence-corrected chi connectivity index (χ1v) is 6.70. The molecule has 20 heavy (non-hydrogen) atoms. The maximum absolute atomic E-state index is 12.6. The Bertz CT molecular complexity index is 624. The summed E-state index contributed by atoms with van der Waals surface area (Å²) < 4.78 is 38.3. The molecule has 1 aromatic carbocycles. The number of anilines is 1. The van der Waals surface area contributed by atoms with Gasteiger partial charge in [-0.15, -0.1) is 0 Å². The summed E-state index contributed by atoms with van der Waals surface area (Å²) in [6.45, 7) is 2.36. The molecule has 2 N–H and O–H groups in total.